The van der Waals surface area contributed by atoms with Gasteiger partial charge in [-0.1, -0.05) is 129 Å². The van der Waals surface area contributed by atoms with E-state index in [1.165, 1.54) is 119 Å². The van der Waals surface area contributed by atoms with E-state index in [0.29, 0.717) is 0 Å². The molecule has 0 bridgehead atoms. The number of nitrogens with zero attached hydrogens (tertiary/aromatic N) is 1. The van der Waals surface area contributed by atoms with E-state index in [1.54, 1.807) is 0 Å². The zero-order valence-electron chi connectivity index (χ0n) is 31.2. The largest absolute Gasteiger partial charge is 0.494 e. The Morgan fingerprint density at radius 2 is 0.938 bits per heavy atom. The van der Waals surface area contributed by atoms with Crippen LogP contribution in [0.3, 0.4) is 0 Å². The van der Waals surface area contributed by atoms with Crippen LogP contribution >= 0.6 is 0 Å². The van der Waals surface area contributed by atoms with E-state index in [-0.39, 0.29) is 5.43 Å². The predicted molar refractivity (Wildman–Crippen MR) is 210 cm³/mol. The first-order valence-corrected chi connectivity index (χ1v) is 19.8. The monoisotopic (exact) mass is 652 g/mol. The van der Waals surface area contributed by atoms with Crippen LogP contribution in [0.1, 0.15) is 159 Å². The van der Waals surface area contributed by atoms with Gasteiger partial charge in [0.25, 0.3) is 0 Å². The van der Waals surface area contributed by atoms with Gasteiger partial charge in [0.2, 0.25) is 0 Å². The molecule has 1 heterocycles. The normalized spacial score (nSPS) is 11.6. The Bertz CT molecular complexity index is 1510. The van der Waals surface area contributed by atoms with Crippen molar-refractivity contribution in [2.45, 2.75) is 163 Å². The molecule has 48 heavy (non-hydrogen) atoms. The Morgan fingerprint density at radius 3 is 1.40 bits per heavy atom. The smallest absolute Gasteiger partial charge is 0.197 e. The molecule has 0 aliphatic heterocycles. The number of pyridine rings is 1. The zero-order chi connectivity index (χ0) is 34.1. The third-order valence-corrected chi connectivity index (χ3v) is 10.1. The van der Waals surface area contributed by atoms with Gasteiger partial charge in [0.15, 0.2) is 5.43 Å². The second kappa shape index (κ2) is 20.4. The molecule has 0 aliphatic rings. The lowest BCUT2D eigenvalue weighted by molar-refractivity contribution is 0.304. The Kier molecular flexibility index (Phi) is 16.1. The summed E-state index contributed by atoms with van der Waals surface area (Å²) in [5.74, 6) is 0.924. The lowest BCUT2D eigenvalue weighted by Gasteiger charge is -2.22. The topological polar surface area (TPSA) is 31.2 Å². The molecule has 0 radical (unpaired) electrons. The molecular weight excluding hydrogens is 587 g/mol. The molecule has 0 saturated carbocycles. The van der Waals surface area contributed by atoms with E-state index in [1.807, 2.05) is 0 Å². The highest BCUT2D eigenvalue weighted by atomic mass is 16.5. The average Bonchev–Trinajstić information content (AvgIpc) is 3.08. The number of fused-ring (bicyclic) bond motifs is 2. The van der Waals surface area contributed by atoms with Crippen molar-refractivity contribution in [3.63, 3.8) is 0 Å². The lowest BCUT2D eigenvalue weighted by Crippen LogP contribution is -2.15. The van der Waals surface area contributed by atoms with Gasteiger partial charge < -0.3 is 9.30 Å². The van der Waals surface area contributed by atoms with Crippen LogP contribution in [-0.4, -0.2) is 11.2 Å². The molecule has 1 aromatic heterocycles. The quantitative estimate of drug-likeness (QED) is 0.0590. The van der Waals surface area contributed by atoms with Crippen LogP contribution in [0, 0.1) is 13.8 Å². The van der Waals surface area contributed by atoms with E-state index < -0.39 is 0 Å². The van der Waals surface area contributed by atoms with E-state index >= 15 is 0 Å². The van der Waals surface area contributed by atoms with Crippen molar-refractivity contribution in [2.24, 2.45) is 0 Å². The van der Waals surface area contributed by atoms with Crippen LogP contribution in [-0.2, 0) is 12.8 Å². The third kappa shape index (κ3) is 10.7. The van der Waals surface area contributed by atoms with Crippen LogP contribution in [0.25, 0.3) is 27.5 Å². The minimum absolute atomic E-state index is 0.177. The summed E-state index contributed by atoms with van der Waals surface area (Å²) in [5, 5.41) is 1.70. The summed E-state index contributed by atoms with van der Waals surface area (Å²) < 4.78 is 8.65. The van der Waals surface area contributed by atoms with E-state index in [4.69, 9.17) is 4.74 Å². The van der Waals surface area contributed by atoms with E-state index in [2.05, 4.69) is 87.7 Å². The molecule has 0 spiro atoms. The fourth-order valence-corrected chi connectivity index (χ4v) is 7.43. The number of hydrogen-bond donors (Lipinski definition) is 0. The molecule has 3 nitrogen and oxygen atoms in total. The molecule has 0 fully saturated rings. The summed E-state index contributed by atoms with van der Waals surface area (Å²) >= 11 is 0. The summed E-state index contributed by atoms with van der Waals surface area (Å²) in [6.45, 7) is 11.9. The minimum Gasteiger partial charge on any atom is -0.494 e. The SMILES string of the molecule is CCCCCCCCOc1ccc(-n2c3c(CCCCCCCC)cc(C)cc3c(=O)c3cc(C)cc(CCCCCCCC)c32)cc1. The summed E-state index contributed by atoms with van der Waals surface area (Å²) in [6.07, 6.45) is 24.7. The number of hydrogen-bond acceptors (Lipinski definition) is 2. The summed E-state index contributed by atoms with van der Waals surface area (Å²) in [6, 6.07) is 17.6. The summed E-state index contributed by atoms with van der Waals surface area (Å²) in [4.78, 5) is 14.4. The van der Waals surface area contributed by atoms with Gasteiger partial charge in [0.05, 0.1) is 17.6 Å². The van der Waals surface area contributed by atoms with Crippen molar-refractivity contribution in [1.82, 2.24) is 4.57 Å². The van der Waals surface area contributed by atoms with E-state index in [0.717, 1.165) is 72.0 Å². The fraction of sp³-hybridized carbons (Fsp3) is 0.578. The van der Waals surface area contributed by atoms with Gasteiger partial charge in [-0.05, 0) is 105 Å². The number of benzene rings is 3. The van der Waals surface area contributed by atoms with Crippen LogP contribution in [0.2, 0.25) is 0 Å². The predicted octanol–water partition coefficient (Wildman–Crippen LogP) is 13.3. The Morgan fingerprint density at radius 1 is 0.521 bits per heavy atom. The highest BCUT2D eigenvalue weighted by molar-refractivity contribution is 5.98. The lowest BCUT2D eigenvalue weighted by atomic mass is 9.94. The Balaban J connectivity index is 1.75. The molecule has 3 heteroatoms. The molecule has 0 aliphatic carbocycles. The summed E-state index contributed by atoms with van der Waals surface area (Å²) in [7, 11) is 0. The maximum atomic E-state index is 14.4. The number of unbranched alkanes of at least 4 members (excludes halogenated alkanes) is 15. The average molecular weight is 652 g/mol. The summed E-state index contributed by atoms with van der Waals surface area (Å²) in [5.41, 5.74) is 8.42. The van der Waals surface area contributed by atoms with Crippen LogP contribution < -0.4 is 10.2 Å². The van der Waals surface area contributed by atoms with E-state index in [9.17, 15) is 4.79 Å². The van der Waals surface area contributed by atoms with Crippen LogP contribution in [0.15, 0.2) is 53.3 Å². The first-order chi connectivity index (χ1) is 23.5. The molecule has 4 aromatic rings. The number of rotatable bonds is 23. The highest BCUT2D eigenvalue weighted by Gasteiger charge is 2.19. The van der Waals surface area contributed by atoms with Gasteiger partial charge in [0, 0.05) is 16.5 Å². The number of ether oxygens (including phenoxy) is 1. The first kappa shape index (κ1) is 37.7. The fourth-order valence-electron chi connectivity index (χ4n) is 7.43. The van der Waals surface area contributed by atoms with Gasteiger partial charge in [-0.25, -0.2) is 0 Å². The first-order valence-electron chi connectivity index (χ1n) is 19.8. The molecule has 0 unspecified atom stereocenters. The second-order valence-electron chi connectivity index (χ2n) is 14.5. The molecule has 0 atom stereocenters. The van der Waals surface area contributed by atoms with Gasteiger partial charge in [0.1, 0.15) is 5.75 Å². The maximum absolute atomic E-state index is 14.4. The Hall–Kier alpha value is -3.07. The van der Waals surface area contributed by atoms with Gasteiger partial charge in [-0.15, -0.1) is 0 Å². The van der Waals surface area contributed by atoms with Crippen molar-refractivity contribution in [2.75, 3.05) is 6.61 Å². The zero-order valence-corrected chi connectivity index (χ0v) is 31.2. The molecular formula is C45H65NO2. The second-order valence-corrected chi connectivity index (χ2v) is 14.5. The molecule has 262 valence electrons. The van der Waals surface area contributed by atoms with Crippen molar-refractivity contribution >= 4 is 21.8 Å². The van der Waals surface area contributed by atoms with Gasteiger partial charge >= 0.3 is 0 Å². The standard InChI is InChI=1S/C45H65NO2/c1-6-9-12-15-18-21-24-37-31-35(4)33-41-43(37)46(39-26-28-40(29-27-39)48-30-23-20-17-14-11-8-3)44-38(25-22-19-16-13-10-7-2)32-36(5)34-42(44)45(41)47/h26-29,31-34H,6-25,30H2,1-5H3. The van der Waals surface area contributed by atoms with Crippen molar-refractivity contribution < 1.29 is 4.74 Å². The number of aryl methyl sites for hydroxylation is 4. The molecule has 0 amide bonds. The van der Waals surface area contributed by atoms with Gasteiger partial charge in [-0.3, -0.25) is 4.79 Å². The molecule has 0 saturated heterocycles. The number of aromatic nitrogens is 1. The minimum atomic E-state index is 0.177. The van der Waals surface area contributed by atoms with Crippen molar-refractivity contribution in [1.29, 1.82) is 0 Å². The van der Waals surface area contributed by atoms with Gasteiger partial charge in [-0.2, -0.15) is 0 Å². The van der Waals surface area contributed by atoms with Crippen LogP contribution in [0.4, 0.5) is 0 Å². The molecule has 4 rings (SSSR count). The van der Waals surface area contributed by atoms with Crippen LogP contribution in [0.5, 0.6) is 5.75 Å². The molecule has 3 aromatic carbocycles. The molecule has 0 N–H and O–H groups in total. The highest BCUT2D eigenvalue weighted by Crippen LogP contribution is 2.33. The third-order valence-electron chi connectivity index (χ3n) is 10.1. The van der Waals surface area contributed by atoms with Crippen molar-refractivity contribution in [3.8, 4) is 11.4 Å². The maximum Gasteiger partial charge on any atom is 0.197 e. The Labute approximate surface area is 292 Å². The van der Waals surface area contributed by atoms with Crippen molar-refractivity contribution in [3.05, 3.63) is 81.0 Å².